The number of rotatable bonds is 2. The molecule has 1 aliphatic carbocycles. The molecule has 4 heteroatoms. The van der Waals surface area contributed by atoms with Crippen LogP contribution in [-0.2, 0) is 9.53 Å². The number of allylic oxidation sites excluding steroid dienone is 2. The van der Waals surface area contributed by atoms with E-state index in [1.54, 1.807) is 12.3 Å². The van der Waals surface area contributed by atoms with Gasteiger partial charge in [-0.05, 0) is 18.1 Å². The molecule has 1 heterocycles. The second-order valence-corrected chi connectivity index (χ2v) is 4.14. The van der Waals surface area contributed by atoms with Gasteiger partial charge >= 0.3 is 5.97 Å². The third-order valence-electron chi connectivity index (χ3n) is 3.02. The van der Waals surface area contributed by atoms with Gasteiger partial charge in [0.25, 0.3) is 0 Å². The van der Waals surface area contributed by atoms with Gasteiger partial charge in [0.05, 0.1) is 12.2 Å². The van der Waals surface area contributed by atoms with Gasteiger partial charge in [-0.15, -0.1) is 0 Å². The van der Waals surface area contributed by atoms with E-state index in [0.29, 0.717) is 13.0 Å². The van der Waals surface area contributed by atoms with Crippen molar-refractivity contribution in [1.29, 1.82) is 0 Å². The molecule has 0 aromatic rings. The highest BCUT2D eigenvalue weighted by Crippen LogP contribution is 2.28. The van der Waals surface area contributed by atoms with Crippen molar-refractivity contribution in [1.82, 2.24) is 0 Å². The van der Waals surface area contributed by atoms with Crippen LogP contribution in [0.15, 0.2) is 36.1 Å². The number of carbonyl (C=O) groups is 1. The lowest BCUT2D eigenvalue weighted by Gasteiger charge is -2.29. The third kappa shape index (κ3) is 2.17. The standard InChI is InChI=1S/C12H15NO3/c13-11-6-8(12(14)15)3-4-10(11)9-2-1-5-16-7-9/h1-5,8,10-11H,6-7,13H2,(H,14,15)/t8-,10+,11+/m1/s1. The van der Waals surface area contributed by atoms with E-state index in [9.17, 15) is 4.79 Å². The fraction of sp³-hybridized carbons (Fsp3) is 0.417. The minimum Gasteiger partial charge on any atom is -0.497 e. The molecule has 0 aromatic heterocycles. The highest BCUT2D eigenvalue weighted by atomic mass is 16.5. The van der Waals surface area contributed by atoms with Gasteiger partial charge in [0, 0.05) is 12.0 Å². The van der Waals surface area contributed by atoms with Crippen LogP contribution in [0.3, 0.4) is 0 Å². The fourth-order valence-corrected chi connectivity index (χ4v) is 2.11. The summed E-state index contributed by atoms with van der Waals surface area (Å²) in [5.74, 6) is -1.16. The monoisotopic (exact) mass is 221 g/mol. The molecule has 0 radical (unpaired) electrons. The zero-order valence-electron chi connectivity index (χ0n) is 8.87. The van der Waals surface area contributed by atoms with Crippen LogP contribution in [-0.4, -0.2) is 23.7 Å². The van der Waals surface area contributed by atoms with E-state index >= 15 is 0 Å². The number of ether oxygens (including phenoxy) is 1. The molecular weight excluding hydrogens is 206 g/mol. The summed E-state index contributed by atoms with van der Waals surface area (Å²) in [6.07, 6.45) is 9.57. The minimum absolute atomic E-state index is 0.0977. The van der Waals surface area contributed by atoms with Gasteiger partial charge in [-0.2, -0.15) is 0 Å². The highest BCUT2D eigenvalue weighted by molar-refractivity contribution is 5.72. The number of carboxylic acids is 1. The Hall–Kier alpha value is -1.55. The lowest BCUT2D eigenvalue weighted by Crippen LogP contribution is -2.37. The summed E-state index contributed by atoms with van der Waals surface area (Å²) < 4.78 is 5.20. The largest absolute Gasteiger partial charge is 0.497 e. The summed E-state index contributed by atoms with van der Waals surface area (Å²) in [7, 11) is 0. The van der Waals surface area contributed by atoms with E-state index in [2.05, 4.69) is 0 Å². The number of carboxylic acid groups (broad SMARTS) is 1. The van der Waals surface area contributed by atoms with Crippen molar-refractivity contribution in [2.75, 3.05) is 6.61 Å². The Morgan fingerprint density at radius 1 is 1.50 bits per heavy atom. The Bertz CT molecular complexity index is 370. The maximum Gasteiger partial charge on any atom is 0.310 e. The summed E-state index contributed by atoms with van der Waals surface area (Å²) in [5.41, 5.74) is 7.11. The fourth-order valence-electron chi connectivity index (χ4n) is 2.11. The first-order valence-corrected chi connectivity index (χ1v) is 5.32. The van der Waals surface area contributed by atoms with Crippen molar-refractivity contribution in [3.63, 3.8) is 0 Å². The van der Waals surface area contributed by atoms with Crippen LogP contribution in [0.25, 0.3) is 0 Å². The van der Waals surface area contributed by atoms with Gasteiger partial charge in [0.15, 0.2) is 0 Å². The molecule has 2 rings (SSSR count). The SMILES string of the molecule is N[C@H]1C[C@H](C(=O)O)C=C[C@H]1C1=CC=COC1. The molecule has 0 unspecified atom stereocenters. The van der Waals surface area contributed by atoms with E-state index in [1.165, 1.54) is 0 Å². The zero-order valence-corrected chi connectivity index (χ0v) is 8.87. The predicted molar refractivity (Wildman–Crippen MR) is 59.5 cm³/mol. The van der Waals surface area contributed by atoms with E-state index in [1.807, 2.05) is 18.2 Å². The Morgan fingerprint density at radius 2 is 2.31 bits per heavy atom. The Labute approximate surface area is 94.1 Å². The topological polar surface area (TPSA) is 72.6 Å². The van der Waals surface area contributed by atoms with Crippen LogP contribution in [0.1, 0.15) is 6.42 Å². The minimum atomic E-state index is -0.807. The number of nitrogens with two attached hydrogens (primary N) is 1. The van der Waals surface area contributed by atoms with E-state index in [-0.39, 0.29) is 12.0 Å². The van der Waals surface area contributed by atoms with E-state index in [0.717, 1.165) is 5.57 Å². The van der Waals surface area contributed by atoms with Gasteiger partial charge in [0.2, 0.25) is 0 Å². The van der Waals surface area contributed by atoms with Crippen LogP contribution >= 0.6 is 0 Å². The smallest absolute Gasteiger partial charge is 0.310 e. The summed E-state index contributed by atoms with van der Waals surface area (Å²) >= 11 is 0. The van der Waals surface area contributed by atoms with Crippen molar-refractivity contribution in [2.24, 2.45) is 17.6 Å². The van der Waals surface area contributed by atoms with Gasteiger partial charge in [-0.25, -0.2) is 0 Å². The highest BCUT2D eigenvalue weighted by Gasteiger charge is 2.29. The average molecular weight is 221 g/mol. The van der Waals surface area contributed by atoms with Crippen molar-refractivity contribution < 1.29 is 14.6 Å². The Morgan fingerprint density at radius 3 is 2.88 bits per heavy atom. The quantitative estimate of drug-likeness (QED) is 0.684. The first kappa shape index (κ1) is 11.0. The molecule has 16 heavy (non-hydrogen) atoms. The summed E-state index contributed by atoms with van der Waals surface area (Å²) in [6, 6.07) is -0.146. The maximum atomic E-state index is 10.8. The van der Waals surface area contributed by atoms with Gasteiger partial charge in [0.1, 0.15) is 6.61 Å². The lowest BCUT2D eigenvalue weighted by molar-refractivity contribution is -0.140. The van der Waals surface area contributed by atoms with Gasteiger partial charge in [-0.1, -0.05) is 18.2 Å². The summed E-state index contributed by atoms with van der Waals surface area (Å²) in [5, 5.41) is 8.90. The van der Waals surface area contributed by atoms with E-state index in [4.69, 9.17) is 15.6 Å². The van der Waals surface area contributed by atoms with Crippen LogP contribution in [0.5, 0.6) is 0 Å². The first-order valence-electron chi connectivity index (χ1n) is 5.32. The zero-order chi connectivity index (χ0) is 11.5. The molecule has 0 saturated heterocycles. The molecule has 0 aromatic carbocycles. The van der Waals surface area contributed by atoms with Gasteiger partial charge < -0.3 is 15.6 Å². The normalized spacial score (nSPS) is 33.1. The molecule has 0 bridgehead atoms. The lowest BCUT2D eigenvalue weighted by atomic mass is 9.80. The Kier molecular flexibility index (Phi) is 3.10. The molecule has 0 fully saturated rings. The van der Waals surface area contributed by atoms with Crippen LogP contribution in [0, 0.1) is 11.8 Å². The second kappa shape index (κ2) is 4.53. The molecule has 4 nitrogen and oxygen atoms in total. The molecular formula is C12H15NO3. The first-order chi connectivity index (χ1) is 7.68. The van der Waals surface area contributed by atoms with E-state index < -0.39 is 11.9 Å². The second-order valence-electron chi connectivity index (χ2n) is 4.14. The van der Waals surface area contributed by atoms with Crippen molar-refractivity contribution >= 4 is 5.97 Å². The van der Waals surface area contributed by atoms with Gasteiger partial charge in [-0.3, -0.25) is 4.79 Å². The maximum absolute atomic E-state index is 10.8. The molecule has 3 N–H and O–H groups in total. The number of hydrogen-bond acceptors (Lipinski definition) is 3. The molecule has 2 aliphatic rings. The Balaban J connectivity index is 2.13. The molecule has 0 amide bonds. The molecule has 0 saturated carbocycles. The predicted octanol–water partition coefficient (Wildman–Crippen LogP) is 1.06. The summed E-state index contributed by atoms with van der Waals surface area (Å²) in [4.78, 5) is 10.8. The molecule has 1 aliphatic heterocycles. The van der Waals surface area contributed by atoms with Crippen molar-refractivity contribution in [3.05, 3.63) is 36.1 Å². The van der Waals surface area contributed by atoms with Crippen LogP contribution in [0.4, 0.5) is 0 Å². The van der Waals surface area contributed by atoms with Crippen molar-refractivity contribution in [3.8, 4) is 0 Å². The summed E-state index contributed by atoms with van der Waals surface area (Å²) in [6.45, 7) is 0.539. The molecule has 0 spiro atoms. The molecule has 3 atom stereocenters. The van der Waals surface area contributed by atoms with Crippen LogP contribution in [0.2, 0.25) is 0 Å². The number of hydrogen-bond donors (Lipinski definition) is 2. The third-order valence-corrected chi connectivity index (χ3v) is 3.02. The van der Waals surface area contributed by atoms with Crippen molar-refractivity contribution in [2.45, 2.75) is 12.5 Å². The van der Waals surface area contributed by atoms with Crippen LogP contribution < -0.4 is 5.73 Å². The molecule has 86 valence electrons. The number of aliphatic carboxylic acids is 1. The average Bonchev–Trinajstić information content (AvgIpc) is 2.30.